The molecular weight excluding hydrogens is 312 g/mol. The van der Waals surface area contributed by atoms with Crippen molar-refractivity contribution in [2.45, 2.75) is 90.4 Å². The number of benzene rings is 2. The fraction of sp³-hybridized carbons (Fsp3) is 0.538. The lowest BCUT2D eigenvalue weighted by Gasteiger charge is -2.04. The average Bonchev–Trinajstić information content (AvgIpc) is 2.68. The third kappa shape index (κ3) is 8.70. The van der Waals surface area contributed by atoms with Crippen LogP contribution in [0.15, 0.2) is 54.6 Å². The maximum absolute atomic E-state index is 2.41. The van der Waals surface area contributed by atoms with Crippen LogP contribution in [0.4, 0.5) is 0 Å². The van der Waals surface area contributed by atoms with Crippen molar-refractivity contribution in [3.8, 4) is 0 Å². The minimum atomic E-state index is 1.23. The second-order valence-electron chi connectivity index (χ2n) is 7.66. The molecule has 0 bridgehead atoms. The normalized spacial score (nSPS) is 11.6. The van der Waals surface area contributed by atoms with Crippen molar-refractivity contribution < 1.29 is 0 Å². The number of unbranched alkanes of at least 4 members (excludes halogenated alkanes) is 10. The first kappa shape index (κ1) is 20.7. The molecule has 142 valence electrons. The number of fused-ring (bicyclic) bond motifs is 1. The summed E-state index contributed by atoms with van der Waals surface area (Å²) in [6.07, 6.45) is 22.4. The molecule has 0 aliphatic carbocycles. The highest BCUT2D eigenvalue weighted by Crippen LogP contribution is 2.18. The maximum Gasteiger partial charge on any atom is -0.0181 e. The van der Waals surface area contributed by atoms with Crippen LogP contribution in [0.1, 0.15) is 89.5 Å². The van der Waals surface area contributed by atoms with Gasteiger partial charge >= 0.3 is 0 Å². The van der Waals surface area contributed by atoms with Crippen LogP contribution in [0.5, 0.6) is 0 Å². The quantitative estimate of drug-likeness (QED) is 0.236. The van der Waals surface area contributed by atoms with Crippen LogP contribution >= 0.6 is 0 Å². The van der Waals surface area contributed by atoms with Crippen molar-refractivity contribution in [2.75, 3.05) is 0 Å². The van der Waals surface area contributed by atoms with Gasteiger partial charge in [-0.15, -0.1) is 0 Å². The van der Waals surface area contributed by atoms with E-state index in [9.17, 15) is 0 Å². The topological polar surface area (TPSA) is 0 Å². The Labute approximate surface area is 161 Å². The molecule has 0 heterocycles. The van der Waals surface area contributed by atoms with Crippen molar-refractivity contribution in [1.29, 1.82) is 0 Å². The zero-order chi connectivity index (χ0) is 18.3. The standard InChI is InChI=1S/C26H38/c1-2-3-4-5-6-7-8-9-10-11-12-13-14-15-18-24-21-22-25-19-16-17-20-26(25)23-24/h7-8,16-17,19-23H,2-6,9-15,18H2,1H3/b8-7+. The van der Waals surface area contributed by atoms with Crippen molar-refractivity contribution in [3.05, 3.63) is 60.2 Å². The Morgan fingerprint density at radius 3 is 1.96 bits per heavy atom. The summed E-state index contributed by atoms with van der Waals surface area (Å²) in [4.78, 5) is 0. The molecule has 0 aromatic heterocycles. The van der Waals surface area contributed by atoms with E-state index in [1.807, 2.05) is 0 Å². The number of hydrogen-bond acceptors (Lipinski definition) is 0. The minimum absolute atomic E-state index is 1.23. The van der Waals surface area contributed by atoms with Gasteiger partial charge < -0.3 is 0 Å². The first-order valence-electron chi connectivity index (χ1n) is 11.0. The molecule has 26 heavy (non-hydrogen) atoms. The van der Waals surface area contributed by atoms with Gasteiger partial charge in [0, 0.05) is 0 Å². The molecular formula is C26H38. The summed E-state index contributed by atoms with van der Waals surface area (Å²) in [5, 5.41) is 2.73. The molecule has 0 aliphatic heterocycles. The molecule has 0 nitrogen and oxygen atoms in total. The van der Waals surface area contributed by atoms with Crippen molar-refractivity contribution >= 4 is 10.8 Å². The van der Waals surface area contributed by atoms with Gasteiger partial charge in [-0.1, -0.05) is 106 Å². The summed E-state index contributed by atoms with van der Waals surface area (Å²) in [7, 11) is 0. The van der Waals surface area contributed by atoms with Gasteiger partial charge in [0.25, 0.3) is 0 Å². The Kier molecular flexibility index (Phi) is 10.9. The summed E-state index contributed by atoms with van der Waals surface area (Å²) >= 11 is 0. The molecule has 2 rings (SSSR count). The van der Waals surface area contributed by atoms with Crippen molar-refractivity contribution in [1.82, 2.24) is 0 Å². The Morgan fingerprint density at radius 2 is 1.23 bits per heavy atom. The smallest absolute Gasteiger partial charge is 0.0181 e. The van der Waals surface area contributed by atoms with Gasteiger partial charge in [-0.25, -0.2) is 0 Å². The van der Waals surface area contributed by atoms with E-state index >= 15 is 0 Å². The zero-order valence-corrected chi connectivity index (χ0v) is 16.9. The molecule has 0 N–H and O–H groups in total. The van der Waals surface area contributed by atoms with Gasteiger partial charge in [-0.05, 0) is 54.9 Å². The summed E-state index contributed by atoms with van der Waals surface area (Å²) in [6.45, 7) is 2.28. The Balaban J connectivity index is 1.43. The first-order chi connectivity index (χ1) is 12.9. The summed E-state index contributed by atoms with van der Waals surface area (Å²) in [6, 6.07) is 15.6. The predicted molar refractivity (Wildman–Crippen MR) is 118 cm³/mol. The van der Waals surface area contributed by atoms with Gasteiger partial charge in [-0.3, -0.25) is 0 Å². The summed E-state index contributed by atoms with van der Waals surface area (Å²) in [5.74, 6) is 0. The molecule has 0 saturated carbocycles. The van der Waals surface area contributed by atoms with E-state index in [1.54, 1.807) is 0 Å². The van der Waals surface area contributed by atoms with Gasteiger partial charge in [0.15, 0.2) is 0 Å². The molecule has 0 heteroatoms. The van der Waals surface area contributed by atoms with Gasteiger partial charge in [0.1, 0.15) is 0 Å². The maximum atomic E-state index is 2.41. The van der Waals surface area contributed by atoms with Crippen LogP contribution in [-0.2, 0) is 6.42 Å². The average molecular weight is 351 g/mol. The third-order valence-corrected chi connectivity index (χ3v) is 5.29. The molecule has 0 atom stereocenters. The van der Waals surface area contributed by atoms with E-state index in [0.29, 0.717) is 0 Å². The fourth-order valence-electron chi connectivity index (χ4n) is 3.62. The number of allylic oxidation sites excluding steroid dienone is 2. The minimum Gasteiger partial charge on any atom is -0.0885 e. The molecule has 0 saturated heterocycles. The molecule has 0 unspecified atom stereocenters. The molecule has 0 amide bonds. The predicted octanol–water partition coefficient (Wildman–Crippen LogP) is 8.64. The van der Waals surface area contributed by atoms with Gasteiger partial charge in [0.05, 0.1) is 0 Å². The van der Waals surface area contributed by atoms with E-state index in [0.717, 1.165) is 0 Å². The highest BCUT2D eigenvalue weighted by Gasteiger charge is 1.97. The Hall–Kier alpha value is -1.56. The van der Waals surface area contributed by atoms with Crippen molar-refractivity contribution in [2.24, 2.45) is 0 Å². The van der Waals surface area contributed by atoms with Crippen LogP contribution in [0.25, 0.3) is 10.8 Å². The van der Waals surface area contributed by atoms with E-state index in [-0.39, 0.29) is 0 Å². The summed E-state index contributed by atoms with van der Waals surface area (Å²) in [5.41, 5.74) is 1.49. The second kappa shape index (κ2) is 13.6. The molecule has 0 spiro atoms. The molecule has 0 fully saturated rings. The lowest BCUT2D eigenvalue weighted by atomic mass is 10.0. The van der Waals surface area contributed by atoms with Crippen LogP contribution in [0.3, 0.4) is 0 Å². The number of hydrogen-bond donors (Lipinski definition) is 0. The van der Waals surface area contributed by atoms with Crippen LogP contribution < -0.4 is 0 Å². The van der Waals surface area contributed by atoms with E-state index in [1.165, 1.54) is 99.8 Å². The SMILES string of the molecule is CCCCCC/C=C/CCCCCCCCc1ccc2ccccc2c1. The largest absolute Gasteiger partial charge is 0.0885 e. The monoisotopic (exact) mass is 350 g/mol. The fourth-order valence-corrected chi connectivity index (χ4v) is 3.62. The van der Waals surface area contributed by atoms with E-state index < -0.39 is 0 Å². The van der Waals surface area contributed by atoms with E-state index in [2.05, 4.69) is 61.5 Å². The van der Waals surface area contributed by atoms with Crippen LogP contribution in [0.2, 0.25) is 0 Å². The second-order valence-corrected chi connectivity index (χ2v) is 7.66. The lowest BCUT2D eigenvalue weighted by molar-refractivity contribution is 0.596. The highest BCUT2D eigenvalue weighted by atomic mass is 14.0. The van der Waals surface area contributed by atoms with E-state index in [4.69, 9.17) is 0 Å². The molecule has 2 aromatic carbocycles. The number of aryl methyl sites for hydroxylation is 1. The van der Waals surface area contributed by atoms with Crippen LogP contribution in [0, 0.1) is 0 Å². The molecule has 2 aromatic rings. The number of rotatable bonds is 14. The van der Waals surface area contributed by atoms with Gasteiger partial charge in [-0.2, -0.15) is 0 Å². The lowest BCUT2D eigenvalue weighted by Crippen LogP contribution is -1.87. The zero-order valence-electron chi connectivity index (χ0n) is 16.9. The highest BCUT2D eigenvalue weighted by molar-refractivity contribution is 5.82. The Morgan fingerprint density at radius 1 is 0.615 bits per heavy atom. The molecule has 0 aliphatic rings. The van der Waals surface area contributed by atoms with Gasteiger partial charge in [0.2, 0.25) is 0 Å². The summed E-state index contributed by atoms with van der Waals surface area (Å²) < 4.78 is 0. The van der Waals surface area contributed by atoms with Crippen LogP contribution in [-0.4, -0.2) is 0 Å². The molecule has 0 radical (unpaired) electrons. The Bertz CT molecular complexity index is 623. The van der Waals surface area contributed by atoms with Crippen molar-refractivity contribution in [3.63, 3.8) is 0 Å². The third-order valence-electron chi connectivity index (χ3n) is 5.29. The first-order valence-corrected chi connectivity index (χ1v) is 11.0.